The highest BCUT2D eigenvalue weighted by molar-refractivity contribution is 7.93. The first-order valence-corrected chi connectivity index (χ1v) is 13.1. The number of carbonyl (C=O) groups excluding carboxylic acids is 2. The molecule has 11 heteroatoms. The molecule has 1 saturated heterocycles. The van der Waals surface area contributed by atoms with Crippen molar-refractivity contribution in [3.05, 3.63) is 58.9 Å². The van der Waals surface area contributed by atoms with Gasteiger partial charge in [0.25, 0.3) is 0 Å². The number of halogens is 1. The Bertz CT molecular complexity index is 1160. The van der Waals surface area contributed by atoms with Crippen LogP contribution < -0.4 is 4.31 Å². The van der Waals surface area contributed by atoms with Crippen molar-refractivity contribution in [3.8, 4) is 0 Å². The van der Waals surface area contributed by atoms with Gasteiger partial charge in [-0.05, 0) is 63.9 Å². The number of aromatic nitrogens is 1. The van der Waals surface area contributed by atoms with Gasteiger partial charge in [0, 0.05) is 24.3 Å². The highest BCUT2D eigenvalue weighted by Crippen LogP contribution is 2.30. The summed E-state index contributed by atoms with van der Waals surface area (Å²) in [7, 11) is -2.57. The molecule has 0 atom stereocenters. The molecule has 9 nitrogen and oxygen atoms in total. The lowest BCUT2D eigenvalue weighted by atomic mass is 10.1. The molecule has 1 fully saturated rings. The summed E-state index contributed by atoms with van der Waals surface area (Å²) in [6.07, 6.45) is 1.44. The van der Waals surface area contributed by atoms with Crippen molar-refractivity contribution in [2.75, 3.05) is 24.5 Å². The molecule has 0 radical (unpaired) electrons. The summed E-state index contributed by atoms with van der Waals surface area (Å²) < 4.78 is 38.9. The fourth-order valence-corrected chi connectivity index (χ4v) is 5.78. The molecular weight excluding hydrogens is 494 g/mol. The predicted molar refractivity (Wildman–Crippen MR) is 133 cm³/mol. The molecule has 0 bridgehead atoms. The van der Waals surface area contributed by atoms with E-state index in [4.69, 9.17) is 16.3 Å². The third-order valence-electron chi connectivity index (χ3n) is 5.47. The number of hydrogen-bond acceptors (Lipinski definition) is 7. The maximum absolute atomic E-state index is 13.8. The van der Waals surface area contributed by atoms with Crippen molar-refractivity contribution in [3.63, 3.8) is 0 Å². The standard InChI is InChI=1S/C24H30ClN3O6S/c1-24(2,3)34-23(30)27-12-10-21(11-13-27)35(31,32)28(20-7-5-6-18(25)14-20)16-19-9-8-17(15-26-19)22(29)33-4/h5-9,14-15,21H,10-13,16H2,1-4H3. The third kappa shape index (κ3) is 6.85. The molecule has 0 aliphatic carbocycles. The summed E-state index contributed by atoms with van der Waals surface area (Å²) in [4.78, 5) is 29.9. The Morgan fingerprint density at radius 1 is 1.17 bits per heavy atom. The van der Waals surface area contributed by atoms with Crippen LogP contribution in [0.4, 0.5) is 10.5 Å². The van der Waals surface area contributed by atoms with E-state index in [1.807, 2.05) is 0 Å². The molecule has 1 amide bonds. The van der Waals surface area contributed by atoms with Crippen LogP contribution in [-0.4, -0.2) is 61.4 Å². The lowest BCUT2D eigenvalue weighted by Gasteiger charge is -2.36. The Morgan fingerprint density at radius 2 is 1.86 bits per heavy atom. The number of rotatable bonds is 6. The zero-order valence-electron chi connectivity index (χ0n) is 20.2. The van der Waals surface area contributed by atoms with Crippen molar-refractivity contribution >= 4 is 39.4 Å². The van der Waals surface area contributed by atoms with Crippen LogP contribution in [0, 0.1) is 0 Å². The first-order chi connectivity index (χ1) is 16.4. The van der Waals surface area contributed by atoms with Gasteiger partial charge in [-0.1, -0.05) is 17.7 Å². The molecule has 2 aromatic rings. The second kappa shape index (κ2) is 10.8. The smallest absolute Gasteiger partial charge is 0.410 e. The molecule has 1 aliphatic heterocycles. The summed E-state index contributed by atoms with van der Waals surface area (Å²) in [6.45, 7) is 5.86. The molecule has 3 rings (SSSR count). The molecule has 1 aromatic heterocycles. The van der Waals surface area contributed by atoms with Crippen LogP contribution in [0.25, 0.3) is 0 Å². The number of ether oxygens (including phenoxy) is 2. The number of nitrogens with zero attached hydrogens (tertiary/aromatic N) is 3. The van der Waals surface area contributed by atoms with E-state index >= 15 is 0 Å². The molecule has 190 valence electrons. The molecule has 0 spiro atoms. The number of carbonyl (C=O) groups is 2. The van der Waals surface area contributed by atoms with Crippen LogP contribution in [0.2, 0.25) is 5.02 Å². The molecule has 0 saturated carbocycles. The van der Waals surface area contributed by atoms with Crippen molar-refractivity contribution in [2.45, 2.75) is 51.0 Å². The molecule has 2 heterocycles. The highest BCUT2D eigenvalue weighted by Gasteiger charge is 2.37. The zero-order valence-corrected chi connectivity index (χ0v) is 21.8. The molecule has 35 heavy (non-hydrogen) atoms. The van der Waals surface area contributed by atoms with Gasteiger partial charge in [0.2, 0.25) is 10.0 Å². The number of pyridine rings is 1. The number of methoxy groups -OCH3 is 1. The average molecular weight is 524 g/mol. The van der Waals surface area contributed by atoms with E-state index in [2.05, 4.69) is 9.72 Å². The quantitative estimate of drug-likeness (QED) is 0.521. The van der Waals surface area contributed by atoms with E-state index in [9.17, 15) is 18.0 Å². The van der Waals surface area contributed by atoms with Gasteiger partial charge in [-0.2, -0.15) is 0 Å². The minimum atomic E-state index is -3.84. The number of likely N-dealkylation sites (tertiary alicyclic amines) is 1. The van der Waals surface area contributed by atoms with E-state index in [-0.39, 0.29) is 38.0 Å². The number of amides is 1. The number of sulfonamides is 1. The highest BCUT2D eigenvalue weighted by atomic mass is 35.5. The predicted octanol–water partition coefficient (Wildman–Crippen LogP) is 4.26. The maximum atomic E-state index is 13.8. The second-order valence-electron chi connectivity index (χ2n) is 9.23. The Labute approximate surface area is 211 Å². The SMILES string of the molecule is COC(=O)c1ccc(CN(c2cccc(Cl)c2)S(=O)(=O)C2CCN(C(=O)OC(C)(C)C)CC2)nc1. The van der Waals surface area contributed by atoms with Gasteiger partial charge in [0.05, 0.1) is 35.8 Å². The van der Waals surface area contributed by atoms with Gasteiger partial charge in [-0.25, -0.2) is 18.0 Å². The van der Waals surface area contributed by atoms with Crippen LogP contribution in [0.5, 0.6) is 0 Å². The monoisotopic (exact) mass is 523 g/mol. The Hall–Kier alpha value is -2.85. The molecule has 1 aromatic carbocycles. The van der Waals surface area contributed by atoms with Crippen LogP contribution in [0.1, 0.15) is 49.7 Å². The fourth-order valence-electron chi connectivity index (χ4n) is 3.71. The summed E-state index contributed by atoms with van der Waals surface area (Å²) in [6, 6.07) is 9.72. The molecule has 0 N–H and O–H groups in total. The Balaban J connectivity index is 1.82. The zero-order chi connectivity index (χ0) is 25.8. The number of benzene rings is 1. The minimum absolute atomic E-state index is 0.0452. The normalized spacial score (nSPS) is 14.9. The average Bonchev–Trinajstić information content (AvgIpc) is 2.81. The van der Waals surface area contributed by atoms with E-state index < -0.39 is 32.9 Å². The number of anilines is 1. The van der Waals surface area contributed by atoms with E-state index in [0.717, 1.165) is 0 Å². The number of piperidine rings is 1. The van der Waals surface area contributed by atoms with Crippen molar-refractivity contribution < 1.29 is 27.5 Å². The van der Waals surface area contributed by atoms with E-state index in [1.54, 1.807) is 51.1 Å². The van der Waals surface area contributed by atoms with E-state index in [1.165, 1.54) is 28.6 Å². The van der Waals surface area contributed by atoms with E-state index in [0.29, 0.717) is 16.4 Å². The van der Waals surface area contributed by atoms with Gasteiger partial charge in [0.15, 0.2) is 0 Å². The molecule has 1 aliphatic rings. The molecular formula is C24H30ClN3O6S. The lowest BCUT2D eigenvalue weighted by Crippen LogP contribution is -2.48. The summed E-state index contributed by atoms with van der Waals surface area (Å²) in [5.74, 6) is -0.528. The Kier molecular flexibility index (Phi) is 8.27. The van der Waals surface area contributed by atoms with Crippen molar-refractivity contribution in [1.82, 2.24) is 9.88 Å². The van der Waals surface area contributed by atoms with Crippen molar-refractivity contribution in [2.24, 2.45) is 0 Å². The van der Waals surface area contributed by atoms with Gasteiger partial charge in [-0.3, -0.25) is 9.29 Å². The van der Waals surface area contributed by atoms with Crippen LogP contribution in [0.3, 0.4) is 0 Å². The van der Waals surface area contributed by atoms with Crippen LogP contribution >= 0.6 is 11.6 Å². The minimum Gasteiger partial charge on any atom is -0.465 e. The summed E-state index contributed by atoms with van der Waals surface area (Å²) in [5, 5.41) is -0.300. The maximum Gasteiger partial charge on any atom is 0.410 e. The summed E-state index contributed by atoms with van der Waals surface area (Å²) >= 11 is 6.16. The van der Waals surface area contributed by atoms with Crippen LogP contribution in [0.15, 0.2) is 42.6 Å². The largest absolute Gasteiger partial charge is 0.465 e. The number of hydrogen-bond donors (Lipinski definition) is 0. The second-order valence-corrected chi connectivity index (χ2v) is 11.8. The first-order valence-electron chi connectivity index (χ1n) is 11.2. The van der Waals surface area contributed by atoms with Gasteiger partial charge >= 0.3 is 12.1 Å². The van der Waals surface area contributed by atoms with Crippen molar-refractivity contribution in [1.29, 1.82) is 0 Å². The number of esters is 1. The van der Waals surface area contributed by atoms with Crippen LogP contribution in [-0.2, 0) is 26.0 Å². The first kappa shape index (κ1) is 26.7. The van der Waals surface area contributed by atoms with Gasteiger partial charge < -0.3 is 14.4 Å². The fraction of sp³-hybridized carbons (Fsp3) is 0.458. The summed E-state index contributed by atoms with van der Waals surface area (Å²) in [5.41, 5.74) is 0.501. The van der Waals surface area contributed by atoms with Gasteiger partial charge in [-0.15, -0.1) is 0 Å². The molecule has 0 unspecified atom stereocenters. The third-order valence-corrected chi connectivity index (χ3v) is 7.97. The topological polar surface area (TPSA) is 106 Å². The lowest BCUT2D eigenvalue weighted by molar-refractivity contribution is 0.0217. The van der Waals surface area contributed by atoms with Gasteiger partial charge in [0.1, 0.15) is 5.60 Å². The Morgan fingerprint density at radius 3 is 2.40 bits per heavy atom.